The van der Waals surface area contributed by atoms with Crippen LogP contribution < -0.4 is 10.9 Å². The molecule has 82 valence electrons. The number of aryl methyl sites for hydroxylation is 1. The summed E-state index contributed by atoms with van der Waals surface area (Å²) >= 11 is 0. The molecule has 8 heteroatoms. The number of nitrogens with zero attached hydrogens (tertiary/aromatic N) is 1. The van der Waals surface area contributed by atoms with Gasteiger partial charge in [-0.3, -0.25) is 20.4 Å². The Morgan fingerprint density at radius 3 is 2.60 bits per heavy atom. The first-order chi connectivity index (χ1) is 7.00. The average Bonchev–Trinajstić information content (AvgIpc) is 2.60. The van der Waals surface area contributed by atoms with Gasteiger partial charge in [-0.25, -0.2) is 4.98 Å². The summed E-state index contributed by atoms with van der Waals surface area (Å²) in [5, 5.41) is 0. The van der Waals surface area contributed by atoms with Gasteiger partial charge < -0.3 is 4.42 Å². The van der Waals surface area contributed by atoms with E-state index in [2.05, 4.69) is 4.98 Å². The van der Waals surface area contributed by atoms with E-state index >= 15 is 0 Å². The first-order valence-corrected chi connectivity index (χ1v) is 3.81. The van der Waals surface area contributed by atoms with Crippen molar-refractivity contribution in [2.45, 2.75) is 13.3 Å². The Morgan fingerprint density at radius 2 is 2.13 bits per heavy atom. The van der Waals surface area contributed by atoms with Crippen LogP contribution in [0.3, 0.4) is 0 Å². The fraction of sp³-hybridized carbons (Fsp3) is 0.286. The van der Waals surface area contributed by atoms with Crippen molar-refractivity contribution < 1.29 is 22.8 Å². The first kappa shape index (κ1) is 11.1. The maximum atomic E-state index is 11.7. The van der Waals surface area contributed by atoms with Gasteiger partial charge in [0.05, 0.1) is 0 Å². The van der Waals surface area contributed by atoms with Crippen molar-refractivity contribution in [2.75, 3.05) is 0 Å². The van der Waals surface area contributed by atoms with Crippen molar-refractivity contribution in [2.24, 2.45) is 0 Å². The van der Waals surface area contributed by atoms with E-state index in [0.29, 0.717) is 0 Å². The molecule has 1 rings (SSSR count). The minimum absolute atomic E-state index is 0.109. The molecule has 0 fully saturated rings. The average molecular weight is 219 g/mol. The summed E-state index contributed by atoms with van der Waals surface area (Å²) in [6.07, 6.45) is -2.15. The molecule has 1 heterocycles. The Morgan fingerprint density at radius 1 is 1.47 bits per heavy atom. The molecule has 0 aliphatic heterocycles. The fourth-order valence-electron chi connectivity index (χ4n) is 0.705. The number of hydrogen-bond acceptors (Lipinski definition) is 4. The summed E-state index contributed by atoms with van der Waals surface area (Å²) < 4.78 is 28.1. The fourth-order valence-corrected chi connectivity index (χ4v) is 0.705. The zero-order valence-corrected chi connectivity index (χ0v) is 7.58. The van der Waals surface area contributed by atoms with E-state index < -0.39 is 18.2 Å². The summed E-state index contributed by atoms with van der Waals surface area (Å²) in [5.74, 6) is -2.18. The van der Waals surface area contributed by atoms with Crippen LogP contribution in [0.2, 0.25) is 0 Å². The normalized spacial score (nSPS) is 10.1. The summed E-state index contributed by atoms with van der Waals surface area (Å²) in [6.45, 7) is 1.51. The van der Waals surface area contributed by atoms with Crippen LogP contribution in [0.1, 0.15) is 16.4 Å². The molecule has 0 radical (unpaired) electrons. The Hall–Kier alpha value is -1.99. The summed E-state index contributed by atoms with van der Waals surface area (Å²) in [5.41, 5.74) is 3.16. The highest BCUT2D eigenvalue weighted by Gasteiger charge is 2.17. The minimum atomic E-state index is -3.19. The molecule has 0 aliphatic carbocycles. The molecular weight excluding hydrogens is 212 g/mol. The van der Waals surface area contributed by atoms with Crippen LogP contribution in [0, 0.1) is 6.92 Å². The van der Waals surface area contributed by atoms with Crippen molar-refractivity contribution in [3.8, 4) is 0 Å². The van der Waals surface area contributed by atoms with Gasteiger partial charge in [-0.1, -0.05) is 0 Å². The van der Waals surface area contributed by atoms with Crippen molar-refractivity contribution in [1.29, 1.82) is 0 Å². The number of nitrogens with one attached hydrogen (secondary N) is 2. The highest BCUT2D eigenvalue weighted by molar-refractivity contribution is 5.93. The molecule has 1 aromatic heterocycles. The molecule has 0 unspecified atom stereocenters. The van der Waals surface area contributed by atoms with E-state index in [0.717, 1.165) is 6.26 Å². The molecule has 0 aromatic carbocycles. The molecule has 15 heavy (non-hydrogen) atoms. The van der Waals surface area contributed by atoms with E-state index in [1.54, 1.807) is 5.43 Å². The lowest BCUT2D eigenvalue weighted by molar-refractivity contribution is -0.132. The minimum Gasteiger partial charge on any atom is -0.448 e. The Balaban J connectivity index is 2.47. The van der Waals surface area contributed by atoms with Crippen molar-refractivity contribution in [3.05, 3.63) is 17.8 Å². The molecule has 2 amide bonds. The molecule has 1 aromatic rings. The lowest BCUT2D eigenvalue weighted by Crippen LogP contribution is -2.44. The number of carbonyl (C=O) groups excluding carboxylic acids is 2. The van der Waals surface area contributed by atoms with Gasteiger partial charge in [0.1, 0.15) is 6.26 Å². The molecule has 0 saturated carbocycles. The SMILES string of the molecule is Cc1nc(C(=O)NNC(=O)C(F)F)co1. The topological polar surface area (TPSA) is 84.2 Å². The number of rotatable bonds is 2. The maximum Gasteiger partial charge on any atom is 0.317 e. The molecule has 6 nitrogen and oxygen atoms in total. The number of carbonyl (C=O) groups is 2. The van der Waals surface area contributed by atoms with Gasteiger partial charge in [-0.2, -0.15) is 8.78 Å². The lowest BCUT2D eigenvalue weighted by Gasteiger charge is -2.03. The van der Waals surface area contributed by atoms with E-state index in [1.807, 2.05) is 0 Å². The van der Waals surface area contributed by atoms with Crippen LogP contribution in [0.5, 0.6) is 0 Å². The van der Waals surface area contributed by atoms with Gasteiger partial charge in [-0.15, -0.1) is 0 Å². The summed E-state index contributed by atoms with van der Waals surface area (Å²) in [4.78, 5) is 25.1. The van der Waals surface area contributed by atoms with Crippen LogP contribution in [-0.4, -0.2) is 23.2 Å². The molecule has 0 bridgehead atoms. The monoisotopic (exact) mass is 219 g/mol. The van der Waals surface area contributed by atoms with Gasteiger partial charge >= 0.3 is 12.3 Å². The van der Waals surface area contributed by atoms with Crippen LogP contribution >= 0.6 is 0 Å². The number of halogens is 2. The largest absolute Gasteiger partial charge is 0.448 e. The second-order valence-corrected chi connectivity index (χ2v) is 2.50. The van der Waals surface area contributed by atoms with Crippen molar-refractivity contribution >= 4 is 11.8 Å². The zero-order chi connectivity index (χ0) is 11.4. The van der Waals surface area contributed by atoms with Crippen LogP contribution in [0.25, 0.3) is 0 Å². The van der Waals surface area contributed by atoms with E-state index in [9.17, 15) is 18.4 Å². The molecule has 0 atom stereocenters. The number of alkyl halides is 2. The van der Waals surface area contributed by atoms with Crippen LogP contribution in [-0.2, 0) is 4.79 Å². The first-order valence-electron chi connectivity index (χ1n) is 3.81. The number of hydrazine groups is 1. The summed E-state index contributed by atoms with van der Waals surface area (Å²) in [7, 11) is 0. The standard InChI is InChI=1S/C7H7F2N3O3/c1-3-10-4(2-15-3)6(13)11-12-7(14)5(8)9/h2,5H,1H3,(H,11,13)(H,12,14). The Kier molecular flexibility index (Phi) is 3.32. The lowest BCUT2D eigenvalue weighted by atomic mass is 10.5. The number of hydrogen-bond donors (Lipinski definition) is 2. The van der Waals surface area contributed by atoms with E-state index in [4.69, 9.17) is 4.42 Å². The predicted molar refractivity (Wildman–Crippen MR) is 42.9 cm³/mol. The molecule has 2 N–H and O–H groups in total. The van der Waals surface area contributed by atoms with E-state index in [-0.39, 0.29) is 11.6 Å². The van der Waals surface area contributed by atoms with E-state index in [1.165, 1.54) is 12.3 Å². The third-order valence-electron chi connectivity index (χ3n) is 1.35. The van der Waals surface area contributed by atoms with Crippen molar-refractivity contribution in [1.82, 2.24) is 15.8 Å². The molecule has 0 saturated heterocycles. The highest BCUT2D eigenvalue weighted by Crippen LogP contribution is 1.99. The number of aromatic nitrogens is 1. The third-order valence-corrected chi connectivity index (χ3v) is 1.35. The van der Waals surface area contributed by atoms with Gasteiger partial charge in [0.2, 0.25) is 0 Å². The third kappa shape index (κ3) is 3.01. The number of amides is 2. The van der Waals surface area contributed by atoms with Crippen molar-refractivity contribution in [3.63, 3.8) is 0 Å². The second-order valence-electron chi connectivity index (χ2n) is 2.50. The summed E-state index contributed by atoms with van der Waals surface area (Å²) in [6, 6.07) is 0. The smallest absolute Gasteiger partial charge is 0.317 e. The highest BCUT2D eigenvalue weighted by atomic mass is 19.3. The molecular formula is C7H7F2N3O3. The second kappa shape index (κ2) is 4.49. The zero-order valence-electron chi connectivity index (χ0n) is 7.58. The molecule has 0 aliphatic rings. The van der Waals surface area contributed by atoms with Gasteiger partial charge in [0.15, 0.2) is 11.6 Å². The quantitative estimate of drug-likeness (QED) is 0.686. The predicted octanol–water partition coefficient (Wildman–Crippen LogP) is 0.00912. The van der Waals surface area contributed by atoms with Gasteiger partial charge in [-0.05, 0) is 0 Å². The number of oxazole rings is 1. The Labute approximate surface area is 82.6 Å². The van der Waals surface area contributed by atoms with Crippen LogP contribution in [0.15, 0.2) is 10.7 Å². The van der Waals surface area contributed by atoms with Gasteiger partial charge in [0.25, 0.3) is 5.91 Å². The maximum absolute atomic E-state index is 11.7. The van der Waals surface area contributed by atoms with Crippen LogP contribution in [0.4, 0.5) is 8.78 Å². The molecule has 0 spiro atoms. The van der Waals surface area contributed by atoms with Gasteiger partial charge in [0, 0.05) is 6.92 Å². The Bertz CT molecular complexity index is 377.